The van der Waals surface area contributed by atoms with Crippen LogP contribution < -0.4 is 0 Å². The fraction of sp³-hybridized carbons (Fsp3) is 0.348. The molecule has 26 heavy (non-hydrogen) atoms. The lowest BCUT2D eigenvalue weighted by Crippen LogP contribution is -2.14. The van der Waals surface area contributed by atoms with Crippen LogP contribution >= 0.6 is 0 Å². The highest BCUT2D eigenvalue weighted by Crippen LogP contribution is 2.26. The molecule has 0 aromatic carbocycles. The van der Waals surface area contributed by atoms with E-state index in [2.05, 4.69) is 65.8 Å². The van der Waals surface area contributed by atoms with E-state index in [4.69, 9.17) is 15.0 Å². The van der Waals surface area contributed by atoms with Crippen LogP contribution in [0.4, 0.5) is 0 Å². The molecule has 0 aliphatic heterocycles. The van der Waals surface area contributed by atoms with Crippen molar-refractivity contribution in [1.29, 1.82) is 0 Å². The Morgan fingerprint density at radius 3 is 1.12 bits per heavy atom. The number of rotatable bonds is 2. The topological polar surface area (TPSA) is 38.7 Å². The summed E-state index contributed by atoms with van der Waals surface area (Å²) in [6.45, 7) is 13.0. The summed E-state index contributed by atoms with van der Waals surface area (Å²) in [4.78, 5) is 14.5. The monoisotopic (exact) mass is 345 g/mol. The zero-order chi connectivity index (χ0) is 18.9. The third-order valence-corrected chi connectivity index (χ3v) is 4.31. The highest BCUT2D eigenvalue weighted by molar-refractivity contribution is 5.62. The third kappa shape index (κ3) is 3.98. The highest BCUT2D eigenvalue weighted by Gasteiger charge is 2.18. The minimum atomic E-state index is 0.0101. The molecule has 3 heteroatoms. The first kappa shape index (κ1) is 18.2. The Labute approximate surface area is 156 Å². The van der Waals surface area contributed by atoms with Gasteiger partial charge in [0.05, 0.1) is 22.8 Å². The maximum atomic E-state index is 4.83. The van der Waals surface area contributed by atoms with E-state index in [1.54, 1.807) is 0 Å². The number of aromatic nitrogens is 3. The minimum absolute atomic E-state index is 0.0101. The van der Waals surface area contributed by atoms with Crippen LogP contribution in [-0.2, 0) is 10.8 Å². The summed E-state index contributed by atoms with van der Waals surface area (Å²) in [5.41, 5.74) is 5.68. The lowest BCUT2D eigenvalue weighted by atomic mass is 9.91. The van der Waals surface area contributed by atoms with Gasteiger partial charge in [-0.05, 0) is 36.4 Å². The number of hydrogen-bond donors (Lipinski definition) is 0. The van der Waals surface area contributed by atoms with Crippen molar-refractivity contribution in [3.05, 3.63) is 66.0 Å². The van der Waals surface area contributed by atoms with E-state index in [0.29, 0.717) is 0 Å². The molecule has 0 radical (unpaired) electrons. The van der Waals surface area contributed by atoms with Gasteiger partial charge < -0.3 is 0 Å². The molecule has 0 fully saturated rings. The molecule has 134 valence electrons. The summed E-state index contributed by atoms with van der Waals surface area (Å²) >= 11 is 0. The Morgan fingerprint density at radius 2 is 0.769 bits per heavy atom. The van der Waals surface area contributed by atoms with Crippen molar-refractivity contribution < 1.29 is 0 Å². The average molecular weight is 345 g/mol. The molecular weight excluding hydrogens is 318 g/mol. The normalized spacial score (nSPS) is 12.2. The molecule has 0 saturated carbocycles. The number of nitrogens with zero attached hydrogens (tertiary/aromatic N) is 3. The van der Waals surface area contributed by atoms with Crippen molar-refractivity contribution >= 4 is 0 Å². The zero-order valence-corrected chi connectivity index (χ0v) is 16.5. The van der Waals surface area contributed by atoms with Gasteiger partial charge in [0.15, 0.2) is 0 Å². The van der Waals surface area contributed by atoms with Crippen molar-refractivity contribution in [1.82, 2.24) is 15.0 Å². The predicted octanol–water partition coefficient (Wildman–Crippen LogP) is 5.80. The van der Waals surface area contributed by atoms with E-state index < -0.39 is 0 Å². The van der Waals surface area contributed by atoms with Gasteiger partial charge in [-0.3, -0.25) is 9.97 Å². The molecule has 3 rings (SSSR count). The van der Waals surface area contributed by atoms with Gasteiger partial charge in [0.2, 0.25) is 0 Å². The van der Waals surface area contributed by atoms with Gasteiger partial charge in [0.1, 0.15) is 0 Å². The summed E-state index contributed by atoms with van der Waals surface area (Å²) in [6.07, 6.45) is 0. The van der Waals surface area contributed by atoms with Crippen LogP contribution in [0.3, 0.4) is 0 Å². The lowest BCUT2D eigenvalue weighted by Gasteiger charge is -2.19. The summed E-state index contributed by atoms with van der Waals surface area (Å²) in [7, 11) is 0. The van der Waals surface area contributed by atoms with Gasteiger partial charge in [-0.25, -0.2) is 4.98 Å². The Hall–Kier alpha value is -2.55. The van der Waals surface area contributed by atoms with Gasteiger partial charge in [-0.2, -0.15) is 0 Å². The standard InChI is InChI=1S/C23H27N3/c1-22(2,3)20-14-8-12-18(25-20)16-10-7-11-17(24-16)19-13-9-15-21(26-19)23(4,5)6/h7-15H,1-6H3. The third-order valence-electron chi connectivity index (χ3n) is 4.31. The van der Waals surface area contributed by atoms with Crippen LogP contribution in [-0.4, -0.2) is 15.0 Å². The van der Waals surface area contributed by atoms with Crippen molar-refractivity contribution in [2.24, 2.45) is 0 Å². The average Bonchev–Trinajstić information content (AvgIpc) is 2.61. The van der Waals surface area contributed by atoms with Gasteiger partial charge >= 0.3 is 0 Å². The molecule has 0 unspecified atom stereocenters. The highest BCUT2D eigenvalue weighted by atomic mass is 14.8. The zero-order valence-electron chi connectivity index (χ0n) is 16.5. The predicted molar refractivity (Wildman–Crippen MR) is 108 cm³/mol. The molecule has 0 atom stereocenters. The Balaban J connectivity index is 2.03. The van der Waals surface area contributed by atoms with Crippen LogP contribution in [0, 0.1) is 0 Å². The van der Waals surface area contributed by atoms with Crippen LogP contribution in [0.1, 0.15) is 52.9 Å². The molecular formula is C23H27N3. The first-order chi connectivity index (χ1) is 12.1. The maximum Gasteiger partial charge on any atom is 0.0894 e. The largest absolute Gasteiger partial charge is 0.251 e. The molecule has 0 spiro atoms. The Morgan fingerprint density at radius 1 is 0.462 bits per heavy atom. The van der Waals surface area contributed by atoms with E-state index in [1.165, 1.54) is 0 Å². The SMILES string of the molecule is CC(C)(C)c1cccc(-c2cccc(-c3cccc(C(C)(C)C)n3)n2)n1. The molecule has 0 aliphatic rings. The first-order valence-electron chi connectivity index (χ1n) is 9.07. The van der Waals surface area contributed by atoms with Crippen LogP contribution in [0.15, 0.2) is 54.6 Å². The van der Waals surface area contributed by atoms with Gasteiger partial charge in [0, 0.05) is 22.2 Å². The molecule has 0 saturated heterocycles. The second kappa shape index (κ2) is 6.64. The molecule has 3 heterocycles. The molecule has 0 bridgehead atoms. The molecule has 0 N–H and O–H groups in total. The van der Waals surface area contributed by atoms with Crippen LogP contribution in [0.5, 0.6) is 0 Å². The fourth-order valence-electron chi connectivity index (χ4n) is 2.71. The van der Waals surface area contributed by atoms with Crippen molar-refractivity contribution in [2.45, 2.75) is 52.4 Å². The smallest absolute Gasteiger partial charge is 0.0894 e. The van der Waals surface area contributed by atoms with E-state index in [-0.39, 0.29) is 10.8 Å². The second-order valence-electron chi connectivity index (χ2n) is 8.72. The van der Waals surface area contributed by atoms with Gasteiger partial charge in [-0.1, -0.05) is 59.7 Å². The Kier molecular flexibility index (Phi) is 4.66. The molecule has 3 nitrogen and oxygen atoms in total. The number of hydrogen-bond acceptors (Lipinski definition) is 3. The maximum absolute atomic E-state index is 4.83. The molecule has 3 aromatic rings. The first-order valence-corrected chi connectivity index (χ1v) is 9.07. The Bertz CT molecular complexity index is 842. The lowest BCUT2D eigenvalue weighted by molar-refractivity contribution is 0.569. The summed E-state index contributed by atoms with van der Waals surface area (Å²) in [6, 6.07) is 18.3. The fourth-order valence-corrected chi connectivity index (χ4v) is 2.71. The van der Waals surface area contributed by atoms with E-state index in [1.807, 2.05) is 30.3 Å². The molecule has 3 aromatic heterocycles. The minimum Gasteiger partial charge on any atom is -0.251 e. The number of pyridine rings is 3. The van der Waals surface area contributed by atoms with Crippen molar-refractivity contribution in [2.75, 3.05) is 0 Å². The quantitative estimate of drug-likeness (QED) is 0.589. The van der Waals surface area contributed by atoms with Crippen molar-refractivity contribution in [3.63, 3.8) is 0 Å². The van der Waals surface area contributed by atoms with E-state index >= 15 is 0 Å². The summed E-state index contributed by atoms with van der Waals surface area (Å²) in [5, 5.41) is 0. The van der Waals surface area contributed by atoms with E-state index in [9.17, 15) is 0 Å². The van der Waals surface area contributed by atoms with Crippen molar-refractivity contribution in [3.8, 4) is 22.8 Å². The second-order valence-corrected chi connectivity index (χ2v) is 8.72. The summed E-state index contributed by atoms with van der Waals surface area (Å²) in [5.74, 6) is 0. The van der Waals surface area contributed by atoms with Gasteiger partial charge in [-0.15, -0.1) is 0 Å². The molecule has 0 aliphatic carbocycles. The van der Waals surface area contributed by atoms with Crippen LogP contribution in [0.25, 0.3) is 22.8 Å². The van der Waals surface area contributed by atoms with E-state index in [0.717, 1.165) is 34.2 Å². The summed E-state index contributed by atoms with van der Waals surface area (Å²) < 4.78 is 0. The van der Waals surface area contributed by atoms with Gasteiger partial charge in [0.25, 0.3) is 0 Å². The van der Waals surface area contributed by atoms with Crippen LogP contribution in [0.2, 0.25) is 0 Å². The molecule has 0 amide bonds.